The second-order valence-electron chi connectivity index (χ2n) is 10.5. The topological polar surface area (TPSA) is 38.9 Å². The summed E-state index contributed by atoms with van der Waals surface area (Å²) in [7, 11) is 0. The van der Waals surface area contributed by atoms with Crippen LogP contribution < -0.4 is 4.90 Å². The summed E-state index contributed by atoms with van der Waals surface area (Å²) in [5.74, 6) is 0. The fraction of sp³-hybridized carbons (Fsp3) is 0.0526. The molecule has 208 valence electrons. The Kier molecular flexibility index (Phi) is 7.35. The molecule has 5 aromatic carbocycles. The lowest BCUT2D eigenvalue weighted by Gasteiger charge is -2.26. The van der Waals surface area contributed by atoms with E-state index < -0.39 is 0 Å². The molecule has 0 spiro atoms. The first kappa shape index (κ1) is 26.2. The zero-order valence-electron chi connectivity index (χ0n) is 23.7. The van der Waals surface area contributed by atoms with E-state index in [1.165, 1.54) is 0 Å². The van der Waals surface area contributed by atoms with E-state index in [9.17, 15) is 0 Å². The van der Waals surface area contributed by atoms with Gasteiger partial charge in [0.1, 0.15) is 13.3 Å². The van der Waals surface area contributed by atoms with E-state index in [0.29, 0.717) is 13.3 Å². The Morgan fingerprint density at radius 3 is 1.09 bits per heavy atom. The third kappa shape index (κ3) is 5.74. The summed E-state index contributed by atoms with van der Waals surface area (Å²) in [5.41, 5.74) is 9.55. The molecule has 0 fully saturated rings. The molecule has 0 aliphatic rings. The van der Waals surface area contributed by atoms with E-state index in [1.54, 1.807) is 0 Å². The zero-order chi connectivity index (χ0) is 28.8. The maximum atomic E-state index is 5.14. The Balaban J connectivity index is 1.32. The molecule has 5 nitrogen and oxygen atoms in total. The van der Waals surface area contributed by atoms with Gasteiger partial charge in [-0.15, -0.1) is 0 Å². The molecule has 5 heteroatoms. The minimum absolute atomic E-state index is 0.538. The predicted octanol–water partition coefficient (Wildman–Crippen LogP) is 8.87. The van der Waals surface area contributed by atoms with Crippen LogP contribution >= 0.6 is 0 Å². The van der Waals surface area contributed by atoms with Gasteiger partial charge in [-0.2, -0.15) is 10.2 Å². The molecule has 0 saturated heterocycles. The van der Waals surface area contributed by atoms with Crippen molar-refractivity contribution in [2.45, 2.75) is 13.3 Å². The molecule has 2 aromatic heterocycles. The number of rotatable bonds is 9. The maximum absolute atomic E-state index is 5.14. The van der Waals surface area contributed by atoms with Crippen LogP contribution in [0.3, 0.4) is 0 Å². The Morgan fingerprint density at radius 2 is 0.721 bits per heavy atom. The second kappa shape index (κ2) is 12.0. The van der Waals surface area contributed by atoms with Crippen LogP contribution in [0, 0.1) is 0 Å². The summed E-state index contributed by atoms with van der Waals surface area (Å²) in [6.45, 7) is 1.08. The fourth-order valence-corrected chi connectivity index (χ4v) is 5.40. The molecule has 0 N–H and O–H groups in total. The van der Waals surface area contributed by atoms with Crippen LogP contribution in [0.5, 0.6) is 0 Å². The lowest BCUT2D eigenvalue weighted by molar-refractivity contribution is 0.506. The molecule has 0 saturated carbocycles. The van der Waals surface area contributed by atoms with Gasteiger partial charge in [0.15, 0.2) is 0 Å². The standard InChI is InChI=1S/C38H31N5/c1-6-16-30(17-7-1)35-26-37(32-20-10-3-11-21-32)42(39-35)28-41(34-24-14-5-15-25-34)29-43-38(33-22-12-4-13-23-33)27-36(40-43)31-18-8-2-9-19-31/h1-27H,28-29H2. The minimum Gasteiger partial charge on any atom is -0.332 e. The lowest BCUT2D eigenvalue weighted by Crippen LogP contribution is -2.30. The van der Waals surface area contributed by atoms with Gasteiger partial charge in [-0.25, -0.2) is 9.36 Å². The van der Waals surface area contributed by atoms with Crippen molar-refractivity contribution in [1.82, 2.24) is 19.6 Å². The number of aromatic nitrogens is 4. The summed E-state index contributed by atoms with van der Waals surface area (Å²) in [5, 5.41) is 10.3. The van der Waals surface area contributed by atoms with Gasteiger partial charge in [0.25, 0.3) is 0 Å². The Hall–Kier alpha value is -5.68. The summed E-state index contributed by atoms with van der Waals surface area (Å²) < 4.78 is 4.21. The van der Waals surface area contributed by atoms with Crippen molar-refractivity contribution in [1.29, 1.82) is 0 Å². The van der Waals surface area contributed by atoms with Gasteiger partial charge in [0.05, 0.1) is 22.8 Å². The molecule has 7 rings (SSSR count). The second-order valence-corrected chi connectivity index (χ2v) is 10.5. The van der Waals surface area contributed by atoms with E-state index in [2.05, 4.69) is 154 Å². The van der Waals surface area contributed by atoms with Gasteiger partial charge in [-0.3, -0.25) is 0 Å². The normalized spacial score (nSPS) is 11.0. The molecule has 0 amide bonds. The van der Waals surface area contributed by atoms with Crippen molar-refractivity contribution >= 4 is 5.69 Å². The molecule has 0 atom stereocenters. The van der Waals surface area contributed by atoms with Gasteiger partial charge in [-0.05, 0) is 35.4 Å². The average molecular weight is 558 g/mol. The molecule has 2 heterocycles. The van der Waals surface area contributed by atoms with Gasteiger partial charge >= 0.3 is 0 Å². The highest BCUT2D eigenvalue weighted by Gasteiger charge is 2.18. The number of hydrogen-bond donors (Lipinski definition) is 0. The predicted molar refractivity (Wildman–Crippen MR) is 175 cm³/mol. The smallest absolute Gasteiger partial charge is 0.114 e. The molecule has 43 heavy (non-hydrogen) atoms. The van der Waals surface area contributed by atoms with Crippen molar-refractivity contribution in [2.75, 3.05) is 4.90 Å². The highest BCUT2D eigenvalue weighted by molar-refractivity contribution is 5.70. The quantitative estimate of drug-likeness (QED) is 0.178. The summed E-state index contributed by atoms with van der Waals surface area (Å²) in [4.78, 5) is 2.32. The molecule has 7 aromatic rings. The van der Waals surface area contributed by atoms with E-state index >= 15 is 0 Å². The Bertz CT molecular complexity index is 1770. The molecular formula is C38H31N5. The first-order chi connectivity index (χ1) is 21.3. The Labute approximate surface area is 251 Å². The summed E-state index contributed by atoms with van der Waals surface area (Å²) in [6.07, 6.45) is 0. The van der Waals surface area contributed by atoms with Gasteiger partial charge in [-0.1, -0.05) is 140 Å². The third-order valence-electron chi connectivity index (χ3n) is 7.57. The van der Waals surface area contributed by atoms with Gasteiger partial charge < -0.3 is 4.90 Å². The monoisotopic (exact) mass is 557 g/mol. The summed E-state index contributed by atoms with van der Waals surface area (Å²) in [6, 6.07) is 56.6. The van der Waals surface area contributed by atoms with Crippen molar-refractivity contribution < 1.29 is 0 Å². The maximum Gasteiger partial charge on any atom is 0.114 e. The number of para-hydroxylation sites is 1. The van der Waals surface area contributed by atoms with E-state index in [4.69, 9.17) is 10.2 Å². The van der Waals surface area contributed by atoms with E-state index in [0.717, 1.165) is 50.7 Å². The first-order valence-electron chi connectivity index (χ1n) is 14.5. The van der Waals surface area contributed by atoms with Crippen molar-refractivity contribution in [3.05, 3.63) is 164 Å². The molecule has 0 bridgehead atoms. The van der Waals surface area contributed by atoms with Crippen LogP contribution in [0.25, 0.3) is 45.0 Å². The van der Waals surface area contributed by atoms with Crippen LogP contribution in [-0.2, 0) is 13.3 Å². The molecular weight excluding hydrogens is 526 g/mol. The summed E-state index contributed by atoms with van der Waals surface area (Å²) >= 11 is 0. The number of nitrogens with zero attached hydrogens (tertiary/aromatic N) is 5. The SMILES string of the molecule is c1ccc(-c2cc(-c3ccccc3)n(CN(Cn3nc(-c4ccccc4)cc3-c3ccccc3)c3ccccc3)n2)cc1. The van der Waals surface area contributed by atoms with Gasteiger partial charge in [0, 0.05) is 16.8 Å². The molecule has 0 radical (unpaired) electrons. The van der Waals surface area contributed by atoms with Crippen LogP contribution in [0.2, 0.25) is 0 Å². The van der Waals surface area contributed by atoms with Crippen molar-refractivity contribution in [3.63, 3.8) is 0 Å². The first-order valence-corrected chi connectivity index (χ1v) is 14.5. The number of anilines is 1. The molecule has 0 unspecified atom stereocenters. The highest BCUT2D eigenvalue weighted by atomic mass is 15.4. The van der Waals surface area contributed by atoms with Crippen LogP contribution in [0.4, 0.5) is 5.69 Å². The number of hydrogen-bond acceptors (Lipinski definition) is 3. The van der Waals surface area contributed by atoms with Crippen molar-refractivity contribution in [3.8, 4) is 45.0 Å². The highest BCUT2D eigenvalue weighted by Crippen LogP contribution is 2.30. The zero-order valence-corrected chi connectivity index (χ0v) is 23.7. The lowest BCUT2D eigenvalue weighted by atomic mass is 10.1. The van der Waals surface area contributed by atoms with Crippen LogP contribution in [0.1, 0.15) is 0 Å². The number of benzene rings is 5. The molecule has 0 aliphatic heterocycles. The van der Waals surface area contributed by atoms with E-state index in [-0.39, 0.29) is 0 Å². The van der Waals surface area contributed by atoms with Gasteiger partial charge in [0.2, 0.25) is 0 Å². The largest absolute Gasteiger partial charge is 0.332 e. The molecule has 0 aliphatic carbocycles. The fourth-order valence-electron chi connectivity index (χ4n) is 5.40. The van der Waals surface area contributed by atoms with Crippen molar-refractivity contribution in [2.24, 2.45) is 0 Å². The minimum atomic E-state index is 0.538. The van der Waals surface area contributed by atoms with Crippen LogP contribution in [0.15, 0.2) is 164 Å². The van der Waals surface area contributed by atoms with E-state index in [1.807, 2.05) is 24.3 Å². The Morgan fingerprint density at radius 1 is 0.395 bits per heavy atom. The van der Waals surface area contributed by atoms with Crippen LogP contribution in [-0.4, -0.2) is 19.6 Å². The average Bonchev–Trinajstić information content (AvgIpc) is 3.71. The third-order valence-corrected chi connectivity index (χ3v) is 7.57.